The van der Waals surface area contributed by atoms with Gasteiger partial charge in [-0.1, -0.05) is 41.4 Å². The summed E-state index contributed by atoms with van der Waals surface area (Å²) >= 11 is 11.7. The Morgan fingerprint density at radius 2 is 2.07 bits per heavy atom. The van der Waals surface area contributed by atoms with E-state index in [4.69, 9.17) is 23.2 Å². The van der Waals surface area contributed by atoms with Crippen molar-refractivity contribution in [3.8, 4) is 0 Å². The van der Waals surface area contributed by atoms with E-state index in [0.29, 0.717) is 5.88 Å². The molecule has 0 saturated heterocycles. The van der Waals surface area contributed by atoms with Crippen LogP contribution in [0.5, 0.6) is 0 Å². The van der Waals surface area contributed by atoms with Gasteiger partial charge in [0, 0.05) is 10.9 Å². The number of rotatable bonds is 4. The summed E-state index contributed by atoms with van der Waals surface area (Å²) in [6, 6.07) is 7.94. The van der Waals surface area contributed by atoms with Crippen molar-refractivity contribution >= 4 is 23.2 Å². The fraction of sp³-hybridized carbons (Fsp3) is 0.333. The maximum Gasteiger partial charge on any atom is 0.0441 e. The van der Waals surface area contributed by atoms with Crippen molar-refractivity contribution in [1.29, 1.82) is 0 Å². The second kappa shape index (κ2) is 6.10. The highest BCUT2D eigenvalue weighted by Crippen LogP contribution is 2.18. The number of benzene rings is 1. The minimum absolute atomic E-state index is 0.680. The second-order valence-corrected chi connectivity index (χ2v) is 4.08. The Balaban J connectivity index is 2.64. The molecule has 0 aromatic heterocycles. The van der Waals surface area contributed by atoms with Crippen molar-refractivity contribution in [3.63, 3.8) is 0 Å². The van der Waals surface area contributed by atoms with Crippen LogP contribution in [0.1, 0.15) is 18.9 Å². The van der Waals surface area contributed by atoms with Gasteiger partial charge < -0.3 is 0 Å². The Kier molecular flexibility index (Phi) is 5.06. The molecule has 0 aliphatic heterocycles. The second-order valence-electron chi connectivity index (χ2n) is 3.30. The number of halogens is 2. The molecule has 76 valence electrons. The van der Waals surface area contributed by atoms with Gasteiger partial charge in [0.1, 0.15) is 0 Å². The topological polar surface area (TPSA) is 0 Å². The molecule has 0 aliphatic rings. The standard InChI is InChI=1S/C12H14Cl2/c1-10(5-4-8-13)9-11-6-2-3-7-12(11)14/h2-3,5-7H,4,8-9H2,1H3. The number of hydrogen-bond acceptors (Lipinski definition) is 0. The van der Waals surface area contributed by atoms with Crippen LogP contribution in [0.4, 0.5) is 0 Å². The zero-order valence-corrected chi connectivity index (χ0v) is 9.78. The molecule has 0 bridgehead atoms. The van der Waals surface area contributed by atoms with Crippen LogP contribution in [0.2, 0.25) is 5.02 Å². The molecule has 0 N–H and O–H groups in total. The monoisotopic (exact) mass is 228 g/mol. The van der Waals surface area contributed by atoms with Crippen LogP contribution >= 0.6 is 23.2 Å². The van der Waals surface area contributed by atoms with Crippen molar-refractivity contribution in [3.05, 3.63) is 46.5 Å². The van der Waals surface area contributed by atoms with Crippen molar-refractivity contribution < 1.29 is 0 Å². The molecule has 14 heavy (non-hydrogen) atoms. The summed E-state index contributed by atoms with van der Waals surface area (Å²) in [7, 11) is 0. The average Bonchev–Trinajstić information content (AvgIpc) is 2.18. The summed E-state index contributed by atoms with van der Waals surface area (Å²) in [6.45, 7) is 2.11. The molecule has 1 rings (SSSR count). The quantitative estimate of drug-likeness (QED) is 0.528. The van der Waals surface area contributed by atoms with E-state index in [2.05, 4.69) is 19.1 Å². The van der Waals surface area contributed by atoms with Gasteiger partial charge in [0.2, 0.25) is 0 Å². The molecule has 0 spiro atoms. The predicted molar refractivity (Wildman–Crippen MR) is 64.3 cm³/mol. The summed E-state index contributed by atoms with van der Waals surface area (Å²) in [6.07, 6.45) is 4.00. The van der Waals surface area contributed by atoms with E-state index in [1.165, 1.54) is 11.1 Å². The lowest BCUT2D eigenvalue weighted by Crippen LogP contribution is -1.88. The van der Waals surface area contributed by atoms with Crippen molar-refractivity contribution in [1.82, 2.24) is 0 Å². The highest BCUT2D eigenvalue weighted by Gasteiger charge is 1.98. The van der Waals surface area contributed by atoms with Crippen LogP contribution in [0.25, 0.3) is 0 Å². The van der Waals surface area contributed by atoms with Crippen molar-refractivity contribution in [2.24, 2.45) is 0 Å². The molecule has 1 aromatic rings. The smallest absolute Gasteiger partial charge is 0.0441 e. The van der Waals surface area contributed by atoms with E-state index in [0.717, 1.165) is 17.9 Å². The summed E-state index contributed by atoms with van der Waals surface area (Å²) in [5.41, 5.74) is 2.50. The van der Waals surface area contributed by atoms with E-state index in [1.54, 1.807) is 0 Å². The molecule has 0 aliphatic carbocycles. The molecule has 0 atom stereocenters. The summed E-state index contributed by atoms with van der Waals surface area (Å²) < 4.78 is 0. The molecule has 0 fully saturated rings. The van der Waals surface area contributed by atoms with Gasteiger partial charge in [-0.15, -0.1) is 11.6 Å². The lowest BCUT2D eigenvalue weighted by atomic mass is 10.1. The number of alkyl halides is 1. The molecule has 0 amide bonds. The molecular weight excluding hydrogens is 215 g/mol. The van der Waals surface area contributed by atoms with Gasteiger partial charge in [-0.05, 0) is 31.4 Å². The van der Waals surface area contributed by atoms with Gasteiger partial charge in [-0.3, -0.25) is 0 Å². The number of hydrogen-bond donors (Lipinski definition) is 0. The van der Waals surface area contributed by atoms with Crippen LogP contribution in [-0.4, -0.2) is 5.88 Å². The fourth-order valence-electron chi connectivity index (χ4n) is 1.32. The molecule has 0 unspecified atom stereocenters. The minimum Gasteiger partial charge on any atom is -0.126 e. The van der Waals surface area contributed by atoms with E-state index in [1.807, 2.05) is 18.2 Å². The van der Waals surface area contributed by atoms with E-state index in [-0.39, 0.29) is 0 Å². The van der Waals surface area contributed by atoms with Crippen LogP contribution in [0, 0.1) is 0 Å². The third-order valence-corrected chi connectivity index (χ3v) is 2.62. The normalized spacial score (nSPS) is 11.8. The Labute approximate surface area is 95.5 Å². The van der Waals surface area contributed by atoms with Crippen LogP contribution in [0.15, 0.2) is 35.9 Å². The van der Waals surface area contributed by atoms with Gasteiger partial charge >= 0.3 is 0 Å². The molecule has 2 heteroatoms. The molecule has 1 aromatic carbocycles. The maximum atomic E-state index is 6.05. The third kappa shape index (κ3) is 3.73. The first-order chi connectivity index (χ1) is 6.74. The summed E-state index contributed by atoms with van der Waals surface area (Å²) in [5.74, 6) is 0.680. The van der Waals surface area contributed by atoms with E-state index in [9.17, 15) is 0 Å². The van der Waals surface area contributed by atoms with Crippen LogP contribution in [0.3, 0.4) is 0 Å². The Hall–Kier alpha value is -0.460. The van der Waals surface area contributed by atoms with Gasteiger partial charge in [0.05, 0.1) is 0 Å². The molecule has 0 radical (unpaired) electrons. The van der Waals surface area contributed by atoms with Crippen molar-refractivity contribution in [2.45, 2.75) is 19.8 Å². The summed E-state index contributed by atoms with van der Waals surface area (Å²) in [4.78, 5) is 0. The maximum absolute atomic E-state index is 6.05. The fourth-order valence-corrected chi connectivity index (χ4v) is 1.63. The highest BCUT2D eigenvalue weighted by molar-refractivity contribution is 6.31. The zero-order valence-electron chi connectivity index (χ0n) is 8.26. The number of allylic oxidation sites excluding steroid dienone is 2. The first-order valence-electron chi connectivity index (χ1n) is 4.69. The molecular formula is C12H14Cl2. The molecule has 0 heterocycles. The average molecular weight is 229 g/mol. The van der Waals surface area contributed by atoms with Crippen LogP contribution < -0.4 is 0 Å². The highest BCUT2D eigenvalue weighted by atomic mass is 35.5. The van der Waals surface area contributed by atoms with Crippen molar-refractivity contribution in [2.75, 3.05) is 5.88 Å². The van der Waals surface area contributed by atoms with Gasteiger partial charge in [0.15, 0.2) is 0 Å². The van der Waals surface area contributed by atoms with Gasteiger partial charge in [0.25, 0.3) is 0 Å². The first kappa shape index (κ1) is 11.6. The Morgan fingerprint density at radius 1 is 1.36 bits per heavy atom. The molecule has 0 nitrogen and oxygen atoms in total. The third-order valence-electron chi connectivity index (χ3n) is 2.03. The Bertz CT molecular complexity index is 316. The van der Waals surface area contributed by atoms with E-state index < -0.39 is 0 Å². The van der Waals surface area contributed by atoms with Crippen LogP contribution in [-0.2, 0) is 6.42 Å². The lowest BCUT2D eigenvalue weighted by molar-refractivity contribution is 1.09. The van der Waals surface area contributed by atoms with Gasteiger partial charge in [-0.2, -0.15) is 0 Å². The largest absolute Gasteiger partial charge is 0.126 e. The van der Waals surface area contributed by atoms with Gasteiger partial charge in [-0.25, -0.2) is 0 Å². The zero-order chi connectivity index (χ0) is 10.4. The minimum atomic E-state index is 0.680. The lowest BCUT2D eigenvalue weighted by Gasteiger charge is -2.03. The first-order valence-corrected chi connectivity index (χ1v) is 5.60. The predicted octanol–water partition coefficient (Wildman–Crippen LogP) is 4.46. The summed E-state index contributed by atoms with van der Waals surface area (Å²) in [5, 5.41) is 0.839. The van der Waals surface area contributed by atoms with E-state index >= 15 is 0 Å². The molecule has 0 saturated carbocycles. The SMILES string of the molecule is CC(=CCCCl)Cc1ccccc1Cl. The Morgan fingerprint density at radius 3 is 2.71 bits per heavy atom.